The van der Waals surface area contributed by atoms with Gasteiger partial charge in [-0.05, 0) is 43.2 Å². The van der Waals surface area contributed by atoms with Gasteiger partial charge in [0.2, 0.25) is 5.91 Å². The van der Waals surface area contributed by atoms with E-state index in [4.69, 9.17) is 5.73 Å². The molecule has 1 aromatic heterocycles. The largest absolute Gasteiger partial charge is 0.370 e. The minimum Gasteiger partial charge on any atom is -0.370 e. The topological polar surface area (TPSA) is 78.0 Å². The van der Waals surface area contributed by atoms with Crippen molar-refractivity contribution in [3.8, 4) is 5.69 Å². The zero-order valence-corrected chi connectivity index (χ0v) is 15.0. The lowest BCUT2D eigenvalue weighted by Gasteiger charge is -2.15. The standard InChI is InChI=1S/C19H19N3O2S/c1-12-7-8-13(2)16(11-12)22-18(24)14-5-3-4-6-15(14)21-19(22)25-10-9-17(20)23/h3-8,11H,9-10H2,1-2H3,(H2,20,23). The van der Waals surface area contributed by atoms with E-state index in [1.807, 2.05) is 50.2 Å². The van der Waals surface area contributed by atoms with E-state index >= 15 is 0 Å². The monoisotopic (exact) mass is 353 g/mol. The Kier molecular flexibility index (Phi) is 4.90. The van der Waals surface area contributed by atoms with E-state index in [1.165, 1.54) is 11.8 Å². The minimum absolute atomic E-state index is 0.110. The first kappa shape index (κ1) is 17.2. The molecule has 2 N–H and O–H groups in total. The van der Waals surface area contributed by atoms with Crippen molar-refractivity contribution in [2.75, 3.05) is 5.75 Å². The molecule has 0 atom stereocenters. The van der Waals surface area contributed by atoms with Crippen LogP contribution in [0.25, 0.3) is 16.6 Å². The maximum absolute atomic E-state index is 13.1. The van der Waals surface area contributed by atoms with E-state index in [2.05, 4.69) is 4.98 Å². The molecular weight excluding hydrogens is 334 g/mol. The predicted octanol–water partition coefficient (Wildman–Crippen LogP) is 2.97. The highest BCUT2D eigenvalue weighted by atomic mass is 32.2. The first-order valence-corrected chi connectivity index (χ1v) is 8.96. The molecular formula is C19H19N3O2S. The molecule has 0 spiro atoms. The number of primary amides is 1. The van der Waals surface area contributed by atoms with Gasteiger partial charge in [-0.25, -0.2) is 4.98 Å². The van der Waals surface area contributed by atoms with Crippen LogP contribution in [0.15, 0.2) is 52.4 Å². The summed E-state index contributed by atoms with van der Waals surface area (Å²) in [5.41, 5.74) is 8.63. The van der Waals surface area contributed by atoms with Crippen LogP contribution in [0.5, 0.6) is 0 Å². The van der Waals surface area contributed by atoms with E-state index in [-0.39, 0.29) is 17.9 Å². The number of aromatic nitrogens is 2. The molecule has 0 saturated carbocycles. The third-order valence-corrected chi connectivity index (χ3v) is 4.87. The van der Waals surface area contributed by atoms with Crippen molar-refractivity contribution in [2.45, 2.75) is 25.4 Å². The molecule has 1 heterocycles. The van der Waals surface area contributed by atoms with Gasteiger partial charge in [0.15, 0.2) is 5.16 Å². The fraction of sp³-hybridized carbons (Fsp3) is 0.211. The zero-order valence-electron chi connectivity index (χ0n) is 14.2. The van der Waals surface area contributed by atoms with Crippen LogP contribution in [0.2, 0.25) is 0 Å². The predicted molar refractivity (Wildman–Crippen MR) is 101 cm³/mol. The molecule has 0 unspecified atom stereocenters. The first-order chi connectivity index (χ1) is 12.0. The summed E-state index contributed by atoms with van der Waals surface area (Å²) < 4.78 is 1.64. The van der Waals surface area contributed by atoms with E-state index in [0.717, 1.165) is 16.8 Å². The maximum atomic E-state index is 13.1. The number of benzene rings is 2. The normalized spacial score (nSPS) is 11.0. The fourth-order valence-corrected chi connectivity index (χ4v) is 3.58. The summed E-state index contributed by atoms with van der Waals surface area (Å²) in [6.45, 7) is 3.95. The highest BCUT2D eigenvalue weighted by molar-refractivity contribution is 7.99. The van der Waals surface area contributed by atoms with Gasteiger partial charge in [-0.3, -0.25) is 14.2 Å². The van der Waals surface area contributed by atoms with Gasteiger partial charge in [0.1, 0.15) is 0 Å². The Morgan fingerprint density at radius 2 is 1.96 bits per heavy atom. The zero-order chi connectivity index (χ0) is 18.0. The lowest BCUT2D eigenvalue weighted by molar-refractivity contribution is -0.117. The summed E-state index contributed by atoms with van der Waals surface area (Å²) in [6.07, 6.45) is 0.236. The average Bonchev–Trinajstić information content (AvgIpc) is 2.57. The van der Waals surface area contributed by atoms with Crippen molar-refractivity contribution in [2.24, 2.45) is 5.73 Å². The summed E-state index contributed by atoms with van der Waals surface area (Å²) in [5, 5.41) is 1.14. The Balaban J connectivity index is 2.23. The molecule has 2 aromatic carbocycles. The van der Waals surface area contributed by atoms with Gasteiger partial charge >= 0.3 is 0 Å². The summed E-state index contributed by atoms with van der Waals surface area (Å²) in [5.74, 6) is 0.110. The van der Waals surface area contributed by atoms with E-state index < -0.39 is 0 Å². The van der Waals surface area contributed by atoms with Crippen LogP contribution >= 0.6 is 11.8 Å². The minimum atomic E-state index is -0.367. The van der Waals surface area contributed by atoms with Crippen LogP contribution in [0, 0.1) is 13.8 Å². The summed E-state index contributed by atoms with van der Waals surface area (Å²) >= 11 is 1.36. The lowest BCUT2D eigenvalue weighted by Crippen LogP contribution is -2.23. The Morgan fingerprint density at radius 3 is 2.72 bits per heavy atom. The van der Waals surface area contributed by atoms with Crippen LogP contribution in [-0.2, 0) is 4.79 Å². The van der Waals surface area contributed by atoms with Crippen LogP contribution in [-0.4, -0.2) is 21.2 Å². The van der Waals surface area contributed by atoms with Crippen molar-refractivity contribution in [3.05, 3.63) is 63.9 Å². The number of para-hydroxylation sites is 1. The molecule has 1 amide bonds. The molecule has 5 nitrogen and oxygen atoms in total. The lowest BCUT2D eigenvalue weighted by atomic mass is 10.1. The Hall–Kier alpha value is -2.60. The Bertz CT molecular complexity index is 1010. The average molecular weight is 353 g/mol. The Labute approximate surface area is 149 Å². The molecule has 3 aromatic rings. The van der Waals surface area contributed by atoms with Gasteiger partial charge in [-0.1, -0.05) is 36.0 Å². The molecule has 0 saturated heterocycles. The highest BCUT2D eigenvalue weighted by Gasteiger charge is 2.15. The molecule has 0 aliphatic carbocycles. The third-order valence-electron chi connectivity index (χ3n) is 3.93. The molecule has 0 bridgehead atoms. The SMILES string of the molecule is Cc1ccc(C)c(-n2c(SCCC(N)=O)nc3ccccc3c2=O)c1. The van der Waals surface area contributed by atoms with Crippen molar-refractivity contribution in [1.29, 1.82) is 0 Å². The van der Waals surface area contributed by atoms with E-state index in [0.29, 0.717) is 21.8 Å². The number of fused-ring (bicyclic) bond motifs is 1. The summed E-state index contributed by atoms with van der Waals surface area (Å²) in [7, 11) is 0. The van der Waals surface area contributed by atoms with Gasteiger partial charge in [-0.15, -0.1) is 0 Å². The van der Waals surface area contributed by atoms with Gasteiger partial charge in [-0.2, -0.15) is 0 Å². The summed E-state index contributed by atoms with van der Waals surface area (Å²) in [6, 6.07) is 13.3. The van der Waals surface area contributed by atoms with Gasteiger partial charge in [0.25, 0.3) is 5.56 Å². The van der Waals surface area contributed by atoms with E-state index in [1.54, 1.807) is 10.6 Å². The number of amides is 1. The van der Waals surface area contributed by atoms with Crippen LogP contribution < -0.4 is 11.3 Å². The van der Waals surface area contributed by atoms with E-state index in [9.17, 15) is 9.59 Å². The van der Waals surface area contributed by atoms with Gasteiger partial charge < -0.3 is 5.73 Å². The quantitative estimate of drug-likeness (QED) is 0.565. The molecule has 0 radical (unpaired) electrons. The fourth-order valence-electron chi connectivity index (χ4n) is 2.62. The number of hydrogen-bond donors (Lipinski definition) is 1. The van der Waals surface area contributed by atoms with Crippen molar-refractivity contribution < 1.29 is 4.79 Å². The number of carbonyl (C=O) groups is 1. The second-order valence-corrected chi connectivity index (χ2v) is 6.97. The number of nitrogens with two attached hydrogens (primary N) is 1. The summed E-state index contributed by atoms with van der Waals surface area (Å²) in [4.78, 5) is 28.8. The maximum Gasteiger partial charge on any atom is 0.266 e. The molecule has 3 rings (SSSR count). The highest BCUT2D eigenvalue weighted by Crippen LogP contribution is 2.24. The number of nitrogens with zero attached hydrogens (tertiary/aromatic N) is 2. The molecule has 25 heavy (non-hydrogen) atoms. The number of thioether (sulfide) groups is 1. The number of rotatable bonds is 5. The third kappa shape index (κ3) is 3.58. The second kappa shape index (κ2) is 7.11. The van der Waals surface area contributed by atoms with Crippen LogP contribution in [0.3, 0.4) is 0 Å². The van der Waals surface area contributed by atoms with Gasteiger partial charge in [0, 0.05) is 12.2 Å². The van der Waals surface area contributed by atoms with Crippen molar-refractivity contribution in [1.82, 2.24) is 9.55 Å². The molecule has 0 aliphatic heterocycles. The second-order valence-electron chi connectivity index (χ2n) is 5.91. The smallest absolute Gasteiger partial charge is 0.266 e. The molecule has 6 heteroatoms. The molecule has 0 aliphatic rings. The molecule has 128 valence electrons. The van der Waals surface area contributed by atoms with Crippen LogP contribution in [0.4, 0.5) is 0 Å². The van der Waals surface area contributed by atoms with Gasteiger partial charge in [0.05, 0.1) is 16.6 Å². The van der Waals surface area contributed by atoms with Crippen molar-refractivity contribution >= 4 is 28.6 Å². The number of carbonyl (C=O) groups excluding carboxylic acids is 1. The Morgan fingerprint density at radius 1 is 1.20 bits per heavy atom. The van der Waals surface area contributed by atoms with Crippen molar-refractivity contribution in [3.63, 3.8) is 0 Å². The first-order valence-electron chi connectivity index (χ1n) is 7.98. The number of aryl methyl sites for hydroxylation is 2. The number of hydrogen-bond acceptors (Lipinski definition) is 4. The molecule has 0 fully saturated rings. The van der Waals surface area contributed by atoms with Crippen LogP contribution in [0.1, 0.15) is 17.5 Å².